The summed E-state index contributed by atoms with van der Waals surface area (Å²) in [5.74, 6) is 0.0331. The van der Waals surface area contributed by atoms with Crippen molar-refractivity contribution in [3.63, 3.8) is 0 Å². The molecular formula is C11H15NOS. The molecule has 1 rings (SSSR count). The summed E-state index contributed by atoms with van der Waals surface area (Å²) < 4.78 is 0. The zero-order valence-electron chi connectivity index (χ0n) is 8.54. The molecule has 0 saturated heterocycles. The van der Waals surface area contributed by atoms with Crippen LogP contribution in [0.2, 0.25) is 0 Å². The fraction of sp³-hybridized carbons (Fsp3) is 0.364. The van der Waals surface area contributed by atoms with Gasteiger partial charge in [-0.3, -0.25) is 4.79 Å². The first-order valence-electron chi connectivity index (χ1n) is 4.59. The van der Waals surface area contributed by atoms with Crippen LogP contribution in [-0.4, -0.2) is 18.7 Å². The molecule has 1 aromatic rings. The first-order valence-corrected chi connectivity index (χ1v) is 5.82. The van der Waals surface area contributed by atoms with Gasteiger partial charge in [-0.15, -0.1) is 11.8 Å². The van der Waals surface area contributed by atoms with Crippen LogP contribution in [0.4, 0.5) is 0 Å². The summed E-state index contributed by atoms with van der Waals surface area (Å²) in [5, 5.41) is 2.78. The SMILES string of the molecule is CSc1ccc(CCNC(C)=O)cc1. The molecule has 0 radical (unpaired) electrons. The van der Waals surface area contributed by atoms with Crippen LogP contribution < -0.4 is 5.32 Å². The van der Waals surface area contributed by atoms with Crippen LogP contribution in [0.15, 0.2) is 29.2 Å². The molecule has 1 aromatic carbocycles. The normalized spacial score (nSPS) is 9.86. The Labute approximate surface area is 89.1 Å². The van der Waals surface area contributed by atoms with Crippen molar-refractivity contribution in [2.45, 2.75) is 18.2 Å². The van der Waals surface area contributed by atoms with Crippen LogP contribution >= 0.6 is 11.8 Å². The van der Waals surface area contributed by atoms with E-state index in [2.05, 4.69) is 35.8 Å². The lowest BCUT2D eigenvalue weighted by atomic mass is 10.1. The van der Waals surface area contributed by atoms with Crippen LogP contribution in [-0.2, 0) is 11.2 Å². The zero-order valence-corrected chi connectivity index (χ0v) is 9.36. The Kier molecular flexibility index (Phi) is 4.53. The van der Waals surface area contributed by atoms with E-state index in [9.17, 15) is 4.79 Å². The van der Waals surface area contributed by atoms with Gasteiger partial charge in [0.25, 0.3) is 0 Å². The smallest absolute Gasteiger partial charge is 0.216 e. The summed E-state index contributed by atoms with van der Waals surface area (Å²) in [5.41, 5.74) is 1.26. The van der Waals surface area contributed by atoms with Crippen molar-refractivity contribution in [3.8, 4) is 0 Å². The van der Waals surface area contributed by atoms with Crippen molar-refractivity contribution >= 4 is 17.7 Å². The minimum atomic E-state index is 0.0331. The predicted molar refractivity (Wildman–Crippen MR) is 60.6 cm³/mol. The highest BCUT2D eigenvalue weighted by atomic mass is 32.2. The summed E-state index contributed by atoms with van der Waals surface area (Å²) in [4.78, 5) is 11.9. The van der Waals surface area contributed by atoms with Crippen LogP contribution in [0.5, 0.6) is 0 Å². The van der Waals surface area contributed by atoms with E-state index in [-0.39, 0.29) is 5.91 Å². The number of thioether (sulfide) groups is 1. The van der Waals surface area contributed by atoms with Crippen LogP contribution in [0.1, 0.15) is 12.5 Å². The minimum absolute atomic E-state index is 0.0331. The number of carbonyl (C=O) groups excluding carboxylic acids is 1. The lowest BCUT2D eigenvalue weighted by Crippen LogP contribution is -2.22. The van der Waals surface area contributed by atoms with E-state index in [1.165, 1.54) is 17.4 Å². The molecule has 1 N–H and O–H groups in total. The van der Waals surface area contributed by atoms with Crippen molar-refractivity contribution < 1.29 is 4.79 Å². The zero-order chi connectivity index (χ0) is 10.4. The molecule has 0 fully saturated rings. The molecule has 14 heavy (non-hydrogen) atoms. The first-order chi connectivity index (χ1) is 6.72. The largest absolute Gasteiger partial charge is 0.356 e. The summed E-state index contributed by atoms with van der Waals surface area (Å²) >= 11 is 1.74. The molecule has 2 nitrogen and oxygen atoms in total. The third-order valence-electron chi connectivity index (χ3n) is 1.95. The molecule has 1 amide bonds. The maximum Gasteiger partial charge on any atom is 0.216 e. The second kappa shape index (κ2) is 5.70. The number of benzene rings is 1. The highest BCUT2D eigenvalue weighted by Crippen LogP contribution is 2.14. The van der Waals surface area contributed by atoms with Gasteiger partial charge in [-0.2, -0.15) is 0 Å². The van der Waals surface area contributed by atoms with E-state index in [0.717, 1.165) is 6.42 Å². The number of hydrogen-bond donors (Lipinski definition) is 1. The van der Waals surface area contributed by atoms with Gasteiger partial charge >= 0.3 is 0 Å². The van der Waals surface area contributed by atoms with Gasteiger partial charge in [0.05, 0.1) is 0 Å². The van der Waals surface area contributed by atoms with E-state index >= 15 is 0 Å². The molecule has 0 spiro atoms. The highest BCUT2D eigenvalue weighted by Gasteiger charge is 1.94. The Morgan fingerprint density at radius 1 is 1.36 bits per heavy atom. The van der Waals surface area contributed by atoms with Gasteiger partial charge in [-0.1, -0.05) is 12.1 Å². The third-order valence-corrected chi connectivity index (χ3v) is 2.69. The Bertz CT molecular complexity index is 295. The molecule has 0 aliphatic rings. The fourth-order valence-corrected chi connectivity index (χ4v) is 1.58. The average molecular weight is 209 g/mol. The minimum Gasteiger partial charge on any atom is -0.356 e. The van der Waals surface area contributed by atoms with Gasteiger partial charge in [-0.05, 0) is 30.4 Å². The molecule has 0 heterocycles. The maximum absolute atomic E-state index is 10.6. The number of rotatable bonds is 4. The van der Waals surface area contributed by atoms with Crippen molar-refractivity contribution in [2.75, 3.05) is 12.8 Å². The number of amides is 1. The van der Waals surface area contributed by atoms with Gasteiger partial charge in [0.15, 0.2) is 0 Å². The molecule has 0 unspecified atom stereocenters. The molecule has 0 atom stereocenters. The van der Waals surface area contributed by atoms with E-state index in [0.29, 0.717) is 6.54 Å². The molecule has 0 aliphatic carbocycles. The molecule has 3 heteroatoms. The molecular weight excluding hydrogens is 194 g/mol. The van der Waals surface area contributed by atoms with Crippen LogP contribution in [0.3, 0.4) is 0 Å². The average Bonchev–Trinajstić information content (AvgIpc) is 2.18. The quantitative estimate of drug-likeness (QED) is 0.769. The molecule has 0 saturated carbocycles. The summed E-state index contributed by atoms with van der Waals surface area (Å²) in [7, 11) is 0. The van der Waals surface area contributed by atoms with Crippen LogP contribution in [0, 0.1) is 0 Å². The Morgan fingerprint density at radius 3 is 2.50 bits per heavy atom. The number of nitrogens with one attached hydrogen (secondary N) is 1. The second-order valence-electron chi connectivity index (χ2n) is 3.08. The van der Waals surface area contributed by atoms with Crippen molar-refractivity contribution in [3.05, 3.63) is 29.8 Å². The van der Waals surface area contributed by atoms with Gasteiger partial charge in [0, 0.05) is 18.4 Å². The Morgan fingerprint density at radius 2 is 2.00 bits per heavy atom. The predicted octanol–water partition coefficient (Wildman–Crippen LogP) is 2.09. The summed E-state index contributed by atoms with van der Waals surface area (Å²) in [6.07, 6.45) is 2.96. The summed E-state index contributed by atoms with van der Waals surface area (Å²) in [6.45, 7) is 2.25. The van der Waals surface area contributed by atoms with E-state index in [1.54, 1.807) is 11.8 Å². The number of carbonyl (C=O) groups is 1. The topological polar surface area (TPSA) is 29.1 Å². The molecule has 76 valence electrons. The monoisotopic (exact) mass is 209 g/mol. The maximum atomic E-state index is 10.6. The second-order valence-corrected chi connectivity index (χ2v) is 3.96. The molecule has 0 aromatic heterocycles. The molecule has 0 bridgehead atoms. The van der Waals surface area contributed by atoms with Gasteiger partial charge in [-0.25, -0.2) is 0 Å². The standard InChI is InChI=1S/C11H15NOS/c1-9(13)12-8-7-10-3-5-11(14-2)6-4-10/h3-6H,7-8H2,1-2H3,(H,12,13). The highest BCUT2D eigenvalue weighted by molar-refractivity contribution is 7.98. The lowest BCUT2D eigenvalue weighted by Gasteiger charge is -2.03. The third kappa shape index (κ3) is 3.83. The lowest BCUT2D eigenvalue weighted by molar-refractivity contribution is -0.118. The van der Waals surface area contributed by atoms with Crippen LogP contribution in [0.25, 0.3) is 0 Å². The van der Waals surface area contributed by atoms with E-state index in [1.807, 2.05) is 0 Å². The van der Waals surface area contributed by atoms with Crippen molar-refractivity contribution in [1.29, 1.82) is 0 Å². The van der Waals surface area contributed by atoms with Crippen molar-refractivity contribution in [2.24, 2.45) is 0 Å². The van der Waals surface area contributed by atoms with Gasteiger partial charge < -0.3 is 5.32 Å². The number of hydrogen-bond acceptors (Lipinski definition) is 2. The van der Waals surface area contributed by atoms with E-state index < -0.39 is 0 Å². The first kappa shape index (κ1) is 11.1. The van der Waals surface area contributed by atoms with Crippen molar-refractivity contribution in [1.82, 2.24) is 5.32 Å². The molecule has 0 aliphatic heterocycles. The fourth-order valence-electron chi connectivity index (χ4n) is 1.18. The van der Waals surface area contributed by atoms with Gasteiger partial charge in [0.2, 0.25) is 5.91 Å². The summed E-state index contributed by atoms with van der Waals surface area (Å²) in [6, 6.07) is 8.42. The van der Waals surface area contributed by atoms with E-state index in [4.69, 9.17) is 0 Å². The van der Waals surface area contributed by atoms with Gasteiger partial charge in [0.1, 0.15) is 0 Å². The Hall–Kier alpha value is -0.960. The Balaban J connectivity index is 2.40.